The molecular formula is C13H20IN3O. The fourth-order valence-electron chi connectivity index (χ4n) is 2.22. The Morgan fingerprint density at radius 3 is 2.50 bits per heavy atom. The van der Waals surface area contributed by atoms with Gasteiger partial charge in [-0.25, -0.2) is 0 Å². The van der Waals surface area contributed by atoms with Crippen molar-refractivity contribution in [2.45, 2.75) is 13.0 Å². The zero-order chi connectivity index (χ0) is 12.8. The number of rotatable bonds is 5. The molecule has 4 nitrogen and oxygen atoms in total. The van der Waals surface area contributed by atoms with Crippen molar-refractivity contribution in [3.8, 4) is 0 Å². The van der Waals surface area contributed by atoms with Gasteiger partial charge in [0, 0.05) is 52.1 Å². The number of halogens is 1. The van der Waals surface area contributed by atoms with E-state index in [4.69, 9.17) is 5.11 Å². The molecule has 0 saturated carbocycles. The van der Waals surface area contributed by atoms with Crippen LogP contribution in [0.15, 0.2) is 18.3 Å². The van der Waals surface area contributed by atoms with Crippen LogP contribution in [0.25, 0.3) is 0 Å². The summed E-state index contributed by atoms with van der Waals surface area (Å²) in [7, 11) is 0. The summed E-state index contributed by atoms with van der Waals surface area (Å²) in [6, 6.07) is 4.22. The lowest BCUT2D eigenvalue weighted by atomic mass is 10.2. The van der Waals surface area contributed by atoms with Crippen molar-refractivity contribution in [2.24, 2.45) is 0 Å². The molecule has 0 bridgehead atoms. The van der Waals surface area contributed by atoms with E-state index in [1.165, 1.54) is 5.56 Å². The van der Waals surface area contributed by atoms with E-state index in [1.807, 2.05) is 6.20 Å². The van der Waals surface area contributed by atoms with Crippen molar-refractivity contribution < 1.29 is 5.11 Å². The average molecular weight is 361 g/mol. The van der Waals surface area contributed by atoms with Gasteiger partial charge in [-0.1, -0.05) is 6.07 Å². The molecule has 0 amide bonds. The van der Waals surface area contributed by atoms with Crippen molar-refractivity contribution >= 4 is 22.6 Å². The van der Waals surface area contributed by atoms with Crippen LogP contribution in [0.3, 0.4) is 0 Å². The Hall–Kier alpha value is -0.240. The highest BCUT2D eigenvalue weighted by Gasteiger charge is 2.16. The van der Waals surface area contributed by atoms with Crippen LogP contribution in [0, 0.1) is 3.70 Å². The number of nitrogens with zero attached hydrogens (tertiary/aromatic N) is 3. The van der Waals surface area contributed by atoms with Crippen molar-refractivity contribution in [2.75, 3.05) is 39.3 Å². The van der Waals surface area contributed by atoms with Crippen LogP contribution >= 0.6 is 22.6 Å². The maximum atomic E-state index is 8.82. The van der Waals surface area contributed by atoms with Gasteiger partial charge in [-0.05, 0) is 40.6 Å². The van der Waals surface area contributed by atoms with Crippen molar-refractivity contribution in [3.63, 3.8) is 0 Å². The van der Waals surface area contributed by atoms with Crippen LogP contribution in [0.4, 0.5) is 0 Å². The number of aliphatic hydroxyl groups is 1. The second-order valence-corrected chi connectivity index (χ2v) is 5.79. The minimum absolute atomic E-state index is 0.300. The van der Waals surface area contributed by atoms with E-state index in [0.717, 1.165) is 49.4 Å². The molecule has 100 valence electrons. The third-order valence-electron chi connectivity index (χ3n) is 3.29. The van der Waals surface area contributed by atoms with Crippen molar-refractivity contribution in [1.82, 2.24) is 14.8 Å². The Balaban J connectivity index is 1.74. The van der Waals surface area contributed by atoms with Gasteiger partial charge in [-0.3, -0.25) is 9.88 Å². The van der Waals surface area contributed by atoms with Gasteiger partial charge in [0.1, 0.15) is 3.70 Å². The second kappa shape index (κ2) is 7.37. The molecule has 2 heterocycles. The summed E-state index contributed by atoms with van der Waals surface area (Å²) in [4.78, 5) is 9.22. The lowest BCUT2D eigenvalue weighted by Crippen LogP contribution is -2.46. The summed E-state index contributed by atoms with van der Waals surface area (Å²) in [6.45, 7) is 6.76. The van der Waals surface area contributed by atoms with Crippen LogP contribution < -0.4 is 0 Å². The molecule has 0 unspecified atom stereocenters. The molecule has 1 aromatic rings. The molecule has 1 aromatic heterocycles. The van der Waals surface area contributed by atoms with E-state index in [9.17, 15) is 0 Å². The summed E-state index contributed by atoms with van der Waals surface area (Å²) in [6.07, 6.45) is 2.86. The molecule has 0 radical (unpaired) electrons. The molecule has 18 heavy (non-hydrogen) atoms. The summed E-state index contributed by atoms with van der Waals surface area (Å²) in [5.74, 6) is 0. The lowest BCUT2D eigenvalue weighted by Gasteiger charge is -2.34. The molecular weight excluding hydrogens is 341 g/mol. The minimum atomic E-state index is 0.300. The van der Waals surface area contributed by atoms with Gasteiger partial charge >= 0.3 is 0 Å². The minimum Gasteiger partial charge on any atom is -0.396 e. The van der Waals surface area contributed by atoms with Crippen LogP contribution in [0.2, 0.25) is 0 Å². The highest BCUT2D eigenvalue weighted by Crippen LogP contribution is 2.09. The first-order chi connectivity index (χ1) is 8.78. The third-order valence-corrected chi connectivity index (χ3v) is 3.93. The number of aliphatic hydroxyl groups excluding tert-OH is 1. The Morgan fingerprint density at radius 1 is 1.17 bits per heavy atom. The molecule has 1 saturated heterocycles. The van der Waals surface area contributed by atoms with E-state index >= 15 is 0 Å². The maximum Gasteiger partial charge on any atom is 0.101 e. The Morgan fingerprint density at radius 2 is 1.89 bits per heavy atom. The fourth-order valence-corrected chi connectivity index (χ4v) is 2.54. The maximum absolute atomic E-state index is 8.82. The number of piperazine rings is 1. The van der Waals surface area contributed by atoms with Gasteiger partial charge in [0.05, 0.1) is 0 Å². The third kappa shape index (κ3) is 4.46. The van der Waals surface area contributed by atoms with Crippen molar-refractivity contribution in [3.05, 3.63) is 27.6 Å². The molecule has 1 fully saturated rings. The normalized spacial score (nSPS) is 18.1. The van der Waals surface area contributed by atoms with E-state index in [2.05, 4.69) is 49.5 Å². The first-order valence-electron chi connectivity index (χ1n) is 6.44. The standard InChI is InChI=1S/C13H20IN3O/c14-13-3-2-12(10-15-13)11-17-7-5-16(6-8-17)4-1-9-18/h2-3,10,18H,1,4-9,11H2. The van der Waals surface area contributed by atoms with Crippen molar-refractivity contribution in [1.29, 1.82) is 0 Å². The monoisotopic (exact) mass is 361 g/mol. The topological polar surface area (TPSA) is 39.6 Å². The number of hydrogen-bond donors (Lipinski definition) is 1. The first kappa shape index (κ1) is 14.2. The van der Waals surface area contributed by atoms with Gasteiger partial charge < -0.3 is 10.0 Å². The summed E-state index contributed by atoms with van der Waals surface area (Å²) >= 11 is 2.23. The SMILES string of the molecule is OCCCN1CCN(Cc2ccc(I)nc2)CC1. The Kier molecular flexibility index (Phi) is 5.81. The molecule has 0 aliphatic carbocycles. The molecule has 2 rings (SSSR count). The predicted octanol–water partition coefficient (Wildman–Crippen LogP) is 1.19. The summed E-state index contributed by atoms with van der Waals surface area (Å²) in [5.41, 5.74) is 1.29. The van der Waals surface area contributed by atoms with E-state index in [1.54, 1.807) is 0 Å². The van der Waals surface area contributed by atoms with Gasteiger partial charge in [0.2, 0.25) is 0 Å². The highest BCUT2D eigenvalue weighted by molar-refractivity contribution is 14.1. The number of pyridine rings is 1. The van der Waals surface area contributed by atoms with Crippen LogP contribution in [-0.4, -0.2) is 59.2 Å². The summed E-state index contributed by atoms with van der Waals surface area (Å²) < 4.78 is 1.05. The van der Waals surface area contributed by atoms with Gasteiger partial charge in [0.15, 0.2) is 0 Å². The molecule has 0 spiro atoms. The second-order valence-electron chi connectivity index (χ2n) is 4.68. The quantitative estimate of drug-likeness (QED) is 0.632. The molecule has 1 N–H and O–H groups in total. The average Bonchev–Trinajstić information content (AvgIpc) is 2.41. The Bertz CT molecular complexity index is 350. The molecule has 1 aliphatic rings. The molecule has 1 aliphatic heterocycles. The van der Waals surface area contributed by atoms with E-state index in [-0.39, 0.29) is 0 Å². The smallest absolute Gasteiger partial charge is 0.101 e. The van der Waals surface area contributed by atoms with Crippen LogP contribution in [0.1, 0.15) is 12.0 Å². The van der Waals surface area contributed by atoms with Gasteiger partial charge in [0.25, 0.3) is 0 Å². The van der Waals surface area contributed by atoms with E-state index < -0.39 is 0 Å². The number of hydrogen-bond acceptors (Lipinski definition) is 4. The van der Waals surface area contributed by atoms with E-state index in [0.29, 0.717) is 6.61 Å². The van der Waals surface area contributed by atoms with Gasteiger partial charge in [-0.15, -0.1) is 0 Å². The molecule has 0 aromatic carbocycles. The number of aromatic nitrogens is 1. The molecule has 0 atom stereocenters. The van der Waals surface area contributed by atoms with Gasteiger partial charge in [-0.2, -0.15) is 0 Å². The highest BCUT2D eigenvalue weighted by atomic mass is 127. The lowest BCUT2D eigenvalue weighted by molar-refractivity contribution is 0.120. The Labute approximate surface area is 122 Å². The largest absolute Gasteiger partial charge is 0.396 e. The first-order valence-corrected chi connectivity index (χ1v) is 7.52. The predicted molar refractivity (Wildman–Crippen MR) is 80.4 cm³/mol. The molecule has 5 heteroatoms. The summed E-state index contributed by atoms with van der Waals surface area (Å²) in [5, 5.41) is 8.82. The van der Waals surface area contributed by atoms with Crippen LogP contribution in [-0.2, 0) is 6.54 Å². The van der Waals surface area contributed by atoms with Crippen LogP contribution in [0.5, 0.6) is 0 Å². The fraction of sp³-hybridized carbons (Fsp3) is 0.615. The zero-order valence-electron chi connectivity index (χ0n) is 10.6. The zero-order valence-corrected chi connectivity index (χ0v) is 12.7.